The molecule has 1 amide bonds. The summed E-state index contributed by atoms with van der Waals surface area (Å²) >= 11 is 2.59. The number of hydrogen-bond acceptors (Lipinski definition) is 6. The van der Waals surface area contributed by atoms with Crippen molar-refractivity contribution in [3.63, 3.8) is 0 Å². The van der Waals surface area contributed by atoms with Crippen molar-refractivity contribution in [2.45, 2.75) is 19.0 Å². The minimum absolute atomic E-state index is 0.276. The molecule has 0 bridgehead atoms. The Bertz CT molecular complexity index is 1470. The highest BCUT2D eigenvalue weighted by atomic mass is 32.2. The van der Waals surface area contributed by atoms with Gasteiger partial charge in [0.2, 0.25) is 0 Å². The minimum Gasteiger partial charge on any atom is -0.321 e. The molecule has 9 heteroatoms. The molecule has 1 aliphatic rings. The van der Waals surface area contributed by atoms with Crippen LogP contribution in [0.1, 0.15) is 26.4 Å². The van der Waals surface area contributed by atoms with Crippen LogP contribution in [0.4, 0.5) is 10.1 Å². The van der Waals surface area contributed by atoms with Gasteiger partial charge in [-0.2, -0.15) is 9.78 Å². The molecule has 6 nitrogen and oxygen atoms in total. The number of thiophene rings is 1. The normalized spacial score (nSPS) is 13.0. The van der Waals surface area contributed by atoms with Gasteiger partial charge in [-0.15, -0.1) is 11.3 Å². The number of carbonyl (C=O) groups excluding carboxylic acids is 1. The summed E-state index contributed by atoms with van der Waals surface area (Å²) in [6.07, 6.45) is 0. The number of benzene rings is 2. The van der Waals surface area contributed by atoms with Gasteiger partial charge in [-0.05, 0) is 54.8 Å². The van der Waals surface area contributed by atoms with E-state index in [0.717, 1.165) is 11.1 Å². The van der Waals surface area contributed by atoms with Gasteiger partial charge in [0.25, 0.3) is 11.5 Å². The van der Waals surface area contributed by atoms with Crippen LogP contribution in [0.2, 0.25) is 0 Å². The Morgan fingerprint density at radius 1 is 1.16 bits per heavy atom. The van der Waals surface area contributed by atoms with Crippen molar-refractivity contribution in [3.05, 3.63) is 86.3 Å². The Balaban J connectivity index is 1.56. The first-order chi connectivity index (χ1) is 15.4. The molecule has 0 saturated heterocycles. The Labute approximate surface area is 190 Å². The second-order valence-corrected chi connectivity index (χ2v) is 9.36. The number of amides is 1. The van der Waals surface area contributed by atoms with E-state index in [4.69, 9.17) is 0 Å². The van der Waals surface area contributed by atoms with Crippen LogP contribution in [0.5, 0.6) is 0 Å². The van der Waals surface area contributed by atoms with Crippen molar-refractivity contribution in [3.8, 4) is 0 Å². The van der Waals surface area contributed by atoms with Crippen molar-refractivity contribution in [1.82, 2.24) is 9.66 Å². The van der Waals surface area contributed by atoms with E-state index in [2.05, 4.69) is 15.4 Å². The monoisotopic (exact) mass is 464 g/mol. The average molecular weight is 465 g/mol. The van der Waals surface area contributed by atoms with Gasteiger partial charge in [-0.3, -0.25) is 9.59 Å². The van der Waals surface area contributed by atoms with Gasteiger partial charge in [0.15, 0.2) is 5.16 Å². The number of halogens is 1. The molecule has 0 atom stereocenters. The zero-order chi connectivity index (χ0) is 22.4. The first-order valence-corrected chi connectivity index (χ1v) is 11.6. The molecule has 1 N–H and O–H groups in total. The fourth-order valence-electron chi connectivity index (χ4n) is 3.53. The van der Waals surface area contributed by atoms with Crippen LogP contribution in [0.15, 0.2) is 63.6 Å². The van der Waals surface area contributed by atoms with Crippen molar-refractivity contribution in [2.24, 2.45) is 5.10 Å². The van der Waals surface area contributed by atoms with Gasteiger partial charge in [-0.1, -0.05) is 36.0 Å². The second-order valence-electron chi connectivity index (χ2n) is 7.41. The molecule has 0 aliphatic carbocycles. The molecule has 0 unspecified atom stereocenters. The Kier molecular flexibility index (Phi) is 5.15. The summed E-state index contributed by atoms with van der Waals surface area (Å²) in [7, 11) is 0. The molecule has 4 aromatic rings. The molecular weight excluding hydrogens is 447 g/mol. The highest BCUT2D eigenvalue weighted by Crippen LogP contribution is 2.31. The summed E-state index contributed by atoms with van der Waals surface area (Å²) in [5.41, 5.74) is 3.40. The van der Waals surface area contributed by atoms with Crippen LogP contribution < -0.4 is 10.9 Å². The smallest absolute Gasteiger partial charge is 0.283 e. The predicted molar refractivity (Wildman–Crippen MR) is 127 cm³/mol. The van der Waals surface area contributed by atoms with Crippen LogP contribution in [0.25, 0.3) is 10.2 Å². The number of thioether (sulfide) groups is 1. The van der Waals surface area contributed by atoms with E-state index < -0.39 is 0 Å². The van der Waals surface area contributed by atoms with E-state index in [0.29, 0.717) is 43.0 Å². The lowest BCUT2D eigenvalue weighted by Crippen LogP contribution is -2.25. The third-order valence-electron chi connectivity index (χ3n) is 5.13. The molecule has 0 spiro atoms. The summed E-state index contributed by atoms with van der Waals surface area (Å²) in [4.78, 5) is 31.8. The topological polar surface area (TPSA) is 76.3 Å². The maximum Gasteiger partial charge on any atom is 0.283 e. The number of anilines is 1. The number of aromatic nitrogens is 2. The van der Waals surface area contributed by atoms with Crippen molar-refractivity contribution in [2.75, 3.05) is 11.1 Å². The number of aryl methyl sites for hydroxylation is 2. The van der Waals surface area contributed by atoms with Gasteiger partial charge in [0.05, 0.1) is 16.0 Å². The molecular formula is C23H17FN4O2S2. The number of rotatable bonds is 3. The van der Waals surface area contributed by atoms with E-state index in [-0.39, 0.29) is 17.3 Å². The lowest BCUT2D eigenvalue weighted by atomic mass is 10.1. The summed E-state index contributed by atoms with van der Waals surface area (Å²) in [6, 6.07) is 13.5. The predicted octanol–water partition coefficient (Wildman–Crippen LogP) is 4.82. The largest absolute Gasteiger partial charge is 0.321 e. The first-order valence-electron chi connectivity index (χ1n) is 9.81. The summed E-state index contributed by atoms with van der Waals surface area (Å²) in [6.45, 7) is 3.70. The highest BCUT2D eigenvalue weighted by Gasteiger charge is 2.24. The number of fused-ring (bicyclic) bond motifs is 2. The zero-order valence-electron chi connectivity index (χ0n) is 17.2. The lowest BCUT2D eigenvalue weighted by molar-refractivity contribution is 0.103. The van der Waals surface area contributed by atoms with E-state index in [1.54, 1.807) is 19.1 Å². The quantitative estimate of drug-likeness (QED) is 0.441. The maximum absolute atomic E-state index is 13.3. The Hall–Kier alpha value is -3.30. The van der Waals surface area contributed by atoms with Gasteiger partial charge in [0.1, 0.15) is 10.6 Å². The van der Waals surface area contributed by atoms with Crippen LogP contribution in [-0.4, -0.2) is 27.0 Å². The van der Waals surface area contributed by atoms with E-state index >= 15 is 0 Å². The van der Waals surface area contributed by atoms with E-state index in [1.165, 1.54) is 39.9 Å². The lowest BCUT2D eigenvalue weighted by Gasteiger charge is -2.15. The number of nitrogens with one attached hydrogen (secondary N) is 1. The van der Waals surface area contributed by atoms with Crippen molar-refractivity contribution in [1.29, 1.82) is 0 Å². The van der Waals surface area contributed by atoms with Gasteiger partial charge in [0, 0.05) is 11.4 Å². The molecule has 5 rings (SSSR count). The van der Waals surface area contributed by atoms with Gasteiger partial charge < -0.3 is 5.32 Å². The fourth-order valence-corrected chi connectivity index (χ4v) is 5.55. The van der Waals surface area contributed by atoms with Crippen molar-refractivity contribution >= 4 is 50.6 Å². The third kappa shape index (κ3) is 3.63. The molecule has 0 radical (unpaired) electrons. The zero-order valence-corrected chi connectivity index (χ0v) is 18.8. The van der Waals surface area contributed by atoms with Crippen molar-refractivity contribution < 1.29 is 9.18 Å². The summed E-state index contributed by atoms with van der Waals surface area (Å²) < 4.78 is 14.5. The number of hydrogen-bond donors (Lipinski definition) is 1. The molecule has 1 aliphatic heterocycles. The number of nitrogens with zero attached hydrogens (tertiary/aromatic N) is 3. The van der Waals surface area contributed by atoms with Crippen LogP contribution >= 0.6 is 23.1 Å². The van der Waals surface area contributed by atoms with Gasteiger partial charge in [-0.25, -0.2) is 9.37 Å². The highest BCUT2D eigenvalue weighted by molar-refractivity contribution is 7.99. The minimum atomic E-state index is -0.330. The Morgan fingerprint density at radius 3 is 2.69 bits per heavy atom. The molecule has 32 heavy (non-hydrogen) atoms. The molecule has 0 fully saturated rings. The molecule has 0 saturated carbocycles. The number of carbonyl (C=O) groups is 1. The molecule has 2 aromatic carbocycles. The molecule has 2 aromatic heterocycles. The van der Waals surface area contributed by atoms with E-state index in [1.807, 2.05) is 31.2 Å². The maximum atomic E-state index is 13.3. The summed E-state index contributed by atoms with van der Waals surface area (Å²) in [5.74, 6) is -0.0972. The fraction of sp³-hybridized carbons (Fsp3) is 0.130. The Morgan fingerprint density at radius 2 is 1.94 bits per heavy atom. The summed E-state index contributed by atoms with van der Waals surface area (Å²) in [5, 5.41) is 8.24. The third-order valence-corrected chi connectivity index (χ3v) is 7.26. The van der Waals surface area contributed by atoms with Crippen LogP contribution in [0.3, 0.4) is 0 Å². The average Bonchev–Trinajstić information content (AvgIpc) is 3.11. The second kappa shape index (κ2) is 7.99. The SMILES string of the molecule is Cc1cccc(NC(=O)c2sc3nc4n(c(=O)c3c2C)N=C(c2ccc(F)cc2)CS4)c1. The first kappa shape index (κ1) is 20.6. The van der Waals surface area contributed by atoms with E-state index in [9.17, 15) is 14.0 Å². The van der Waals surface area contributed by atoms with Crippen LogP contribution in [-0.2, 0) is 0 Å². The molecule has 160 valence electrons. The van der Waals surface area contributed by atoms with Crippen LogP contribution in [0, 0.1) is 19.7 Å². The standard InChI is InChI=1S/C23H17FN4O2S2/c1-12-4-3-5-16(10-12)25-20(29)19-13(2)18-21(32-19)26-23-28(22(18)30)27-17(11-31-23)14-6-8-15(24)9-7-14/h3-10H,11H2,1-2H3,(H,25,29). The van der Waals surface area contributed by atoms with Gasteiger partial charge >= 0.3 is 0 Å². The molecule has 3 heterocycles.